The average molecular weight is 255 g/mol. The number of nitro benzene ring substituents is 1. The van der Waals surface area contributed by atoms with E-state index in [1.54, 1.807) is 0 Å². The van der Waals surface area contributed by atoms with Crippen molar-refractivity contribution in [3.05, 3.63) is 38.9 Å². The Morgan fingerprint density at radius 3 is 2.33 bits per heavy atom. The molecule has 1 rings (SSSR count). The van der Waals surface area contributed by atoms with Crippen molar-refractivity contribution in [3.63, 3.8) is 0 Å². The van der Waals surface area contributed by atoms with Crippen LogP contribution in [0, 0.1) is 32.8 Å². The molecule has 8 heteroatoms. The third-order valence-corrected chi connectivity index (χ3v) is 2.11. The van der Waals surface area contributed by atoms with Gasteiger partial charge in [0.2, 0.25) is 0 Å². The van der Waals surface area contributed by atoms with Gasteiger partial charge in [0, 0.05) is 6.07 Å². The Hall–Kier alpha value is -2.61. The molecule has 0 unspecified atom stereocenters. The molecular formula is C10H4F3N3O2. The quantitative estimate of drug-likeness (QED) is 0.599. The lowest BCUT2D eigenvalue weighted by Gasteiger charge is -2.11. The molecule has 0 bridgehead atoms. The van der Waals surface area contributed by atoms with Crippen LogP contribution in [0.3, 0.4) is 0 Å². The van der Waals surface area contributed by atoms with Crippen LogP contribution in [-0.2, 0) is 12.6 Å². The zero-order valence-electron chi connectivity index (χ0n) is 8.65. The highest BCUT2D eigenvalue weighted by Crippen LogP contribution is 2.35. The maximum absolute atomic E-state index is 12.6. The SMILES string of the molecule is N#CCc1cc([N+](=O)[O-])c(C#N)cc1C(F)(F)F. The van der Waals surface area contributed by atoms with E-state index in [9.17, 15) is 23.3 Å². The first kappa shape index (κ1) is 13.5. The highest BCUT2D eigenvalue weighted by atomic mass is 19.4. The summed E-state index contributed by atoms with van der Waals surface area (Å²) in [5.41, 5.74) is -3.15. The molecule has 0 fully saturated rings. The van der Waals surface area contributed by atoms with Crippen LogP contribution < -0.4 is 0 Å². The first-order valence-corrected chi connectivity index (χ1v) is 4.46. The number of nitro groups is 1. The fourth-order valence-electron chi connectivity index (χ4n) is 1.37. The minimum absolute atomic E-state index is 0.394. The van der Waals surface area contributed by atoms with Crippen molar-refractivity contribution in [1.82, 2.24) is 0 Å². The monoisotopic (exact) mass is 255 g/mol. The predicted octanol–water partition coefficient (Wildman–Crippen LogP) is 2.55. The third kappa shape index (κ3) is 2.55. The van der Waals surface area contributed by atoms with Crippen LogP contribution >= 0.6 is 0 Å². The number of benzene rings is 1. The Labute approximate surface area is 98.8 Å². The standard InChI is InChI=1S/C10H4F3N3O2/c11-10(12,13)8-3-7(5-15)9(16(17)18)4-6(8)1-2-14/h3-4H,1H2. The van der Waals surface area contributed by atoms with Crippen LogP contribution in [0.4, 0.5) is 18.9 Å². The van der Waals surface area contributed by atoms with Crippen molar-refractivity contribution < 1.29 is 18.1 Å². The largest absolute Gasteiger partial charge is 0.416 e. The molecule has 5 nitrogen and oxygen atoms in total. The summed E-state index contributed by atoms with van der Waals surface area (Å²) in [7, 11) is 0. The number of nitriles is 2. The van der Waals surface area contributed by atoms with Crippen LogP contribution in [0.1, 0.15) is 16.7 Å². The molecule has 0 aliphatic rings. The van der Waals surface area contributed by atoms with Crippen molar-refractivity contribution in [2.24, 2.45) is 0 Å². The lowest BCUT2D eigenvalue weighted by atomic mass is 10.00. The summed E-state index contributed by atoms with van der Waals surface area (Å²) < 4.78 is 37.9. The average Bonchev–Trinajstić information content (AvgIpc) is 2.27. The molecule has 0 heterocycles. The summed E-state index contributed by atoms with van der Waals surface area (Å²) in [5, 5.41) is 27.6. The van der Waals surface area contributed by atoms with Gasteiger partial charge >= 0.3 is 6.18 Å². The topological polar surface area (TPSA) is 90.7 Å². The van der Waals surface area contributed by atoms with Gasteiger partial charge in [-0.3, -0.25) is 10.1 Å². The molecule has 18 heavy (non-hydrogen) atoms. The second-order valence-electron chi connectivity index (χ2n) is 3.23. The van der Waals surface area contributed by atoms with Crippen LogP contribution in [0.2, 0.25) is 0 Å². The Balaban J connectivity index is 3.59. The Kier molecular flexibility index (Phi) is 3.53. The number of hydrogen-bond acceptors (Lipinski definition) is 4. The molecule has 1 aromatic rings. The normalized spacial score (nSPS) is 10.5. The van der Waals surface area contributed by atoms with E-state index in [4.69, 9.17) is 10.5 Å². The molecule has 0 saturated heterocycles. The summed E-state index contributed by atoms with van der Waals surface area (Å²) in [5.74, 6) is 0. The minimum Gasteiger partial charge on any atom is -0.258 e. The van der Waals surface area contributed by atoms with Crippen LogP contribution in [-0.4, -0.2) is 4.92 Å². The van der Waals surface area contributed by atoms with E-state index in [1.165, 1.54) is 12.1 Å². The number of alkyl halides is 3. The van der Waals surface area contributed by atoms with E-state index >= 15 is 0 Å². The summed E-state index contributed by atoms with van der Waals surface area (Å²) in [4.78, 5) is 9.63. The summed E-state index contributed by atoms with van der Waals surface area (Å²) in [6, 6.07) is 3.84. The zero-order valence-corrected chi connectivity index (χ0v) is 8.65. The molecule has 0 aliphatic heterocycles. The van der Waals surface area contributed by atoms with Gasteiger partial charge in [-0.2, -0.15) is 23.7 Å². The lowest BCUT2D eigenvalue weighted by molar-refractivity contribution is -0.385. The molecule has 0 saturated carbocycles. The van der Waals surface area contributed by atoms with Gasteiger partial charge in [-0.25, -0.2) is 0 Å². The van der Waals surface area contributed by atoms with Crippen molar-refractivity contribution in [2.75, 3.05) is 0 Å². The zero-order chi connectivity index (χ0) is 13.9. The maximum atomic E-state index is 12.6. The molecule has 0 aliphatic carbocycles. The predicted molar refractivity (Wildman–Crippen MR) is 52.1 cm³/mol. The van der Waals surface area contributed by atoms with E-state index < -0.39 is 39.9 Å². The smallest absolute Gasteiger partial charge is 0.258 e. The highest BCUT2D eigenvalue weighted by Gasteiger charge is 2.35. The molecule has 92 valence electrons. The van der Waals surface area contributed by atoms with E-state index in [-0.39, 0.29) is 0 Å². The van der Waals surface area contributed by atoms with Gasteiger partial charge in [0.15, 0.2) is 0 Å². The van der Waals surface area contributed by atoms with E-state index in [0.29, 0.717) is 12.1 Å². The van der Waals surface area contributed by atoms with Gasteiger partial charge < -0.3 is 0 Å². The third-order valence-electron chi connectivity index (χ3n) is 2.11. The van der Waals surface area contributed by atoms with Gasteiger partial charge in [0.25, 0.3) is 5.69 Å². The van der Waals surface area contributed by atoms with E-state index in [1.807, 2.05) is 0 Å². The molecular weight excluding hydrogens is 251 g/mol. The van der Waals surface area contributed by atoms with E-state index in [2.05, 4.69) is 0 Å². The van der Waals surface area contributed by atoms with Crippen LogP contribution in [0.25, 0.3) is 0 Å². The van der Waals surface area contributed by atoms with E-state index in [0.717, 1.165) is 0 Å². The van der Waals surface area contributed by atoms with Gasteiger partial charge in [0.1, 0.15) is 11.6 Å². The second kappa shape index (κ2) is 4.72. The molecule has 0 spiro atoms. The lowest BCUT2D eigenvalue weighted by Crippen LogP contribution is -2.10. The van der Waals surface area contributed by atoms with Gasteiger partial charge in [-0.1, -0.05) is 0 Å². The fraction of sp³-hybridized carbons (Fsp3) is 0.200. The van der Waals surface area contributed by atoms with Crippen molar-refractivity contribution in [2.45, 2.75) is 12.6 Å². The molecule has 1 aromatic carbocycles. The Morgan fingerprint density at radius 1 is 1.33 bits per heavy atom. The molecule has 0 N–H and O–H groups in total. The Morgan fingerprint density at radius 2 is 1.94 bits per heavy atom. The van der Waals surface area contributed by atoms with Crippen LogP contribution in [0.5, 0.6) is 0 Å². The first-order valence-electron chi connectivity index (χ1n) is 4.46. The summed E-state index contributed by atoms with van der Waals surface area (Å²) in [6.07, 6.45) is -5.39. The molecule has 0 radical (unpaired) electrons. The first-order chi connectivity index (χ1) is 8.31. The molecule has 0 atom stereocenters. The number of rotatable bonds is 2. The number of nitrogens with zero attached hydrogens (tertiary/aromatic N) is 3. The molecule has 0 aromatic heterocycles. The highest BCUT2D eigenvalue weighted by molar-refractivity contribution is 5.54. The van der Waals surface area contributed by atoms with Gasteiger partial charge in [0.05, 0.1) is 23.0 Å². The number of halogens is 3. The summed E-state index contributed by atoms with van der Waals surface area (Å²) in [6.45, 7) is 0. The van der Waals surface area contributed by atoms with Crippen molar-refractivity contribution in [3.8, 4) is 12.1 Å². The second-order valence-corrected chi connectivity index (χ2v) is 3.23. The number of hydrogen-bond donors (Lipinski definition) is 0. The van der Waals surface area contributed by atoms with Crippen molar-refractivity contribution in [1.29, 1.82) is 10.5 Å². The maximum Gasteiger partial charge on any atom is 0.416 e. The van der Waals surface area contributed by atoms with Gasteiger partial charge in [-0.15, -0.1) is 0 Å². The minimum atomic E-state index is -4.77. The molecule has 0 amide bonds. The van der Waals surface area contributed by atoms with Crippen LogP contribution in [0.15, 0.2) is 12.1 Å². The fourth-order valence-corrected chi connectivity index (χ4v) is 1.37. The Bertz CT molecular complexity index is 582. The summed E-state index contributed by atoms with van der Waals surface area (Å²) >= 11 is 0. The van der Waals surface area contributed by atoms with Gasteiger partial charge in [-0.05, 0) is 11.6 Å². The van der Waals surface area contributed by atoms with Crippen molar-refractivity contribution >= 4 is 5.69 Å².